The molecule has 30 heavy (non-hydrogen) atoms. The highest BCUT2D eigenvalue weighted by molar-refractivity contribution is 14.0. The number of aryl methyl sites for hydroxylation is 2. The summed E-state index contributed by atoms with van der Waals surface area (Å²) in [6.45, 7) is 10.7. The van der Waals surface area contributed by atoms with Crippen LogP contribution < -0.4 is 10.6 Å². The Labute approximate surface area is 201 Å². The number of aliphatic imine (C=N–C) groups is 1. The van der Waals surface area contributed by atoms with Crippen LogP contribution in [0.4, 0.5) is 0 Å². The molecule has 0 saturated carbocycles. The van der Waals surface area contributed by atoms with Gasteiger partial charge >= 0.3 is 0 Å². The Hall–Kier alpha value is -1.17. The molecule has 1 aliphatic heterocycles. The number of hydrogen-bond acceptors (Lipinski definition) is 5. The van der Waals surface area contributed by atoms with Crippen molar-refractivity contribution in [2.45, 2.75) is 39.3 Å². The van der Waals surface area contributed by atoms with Gasteiger partial charge in [0, 0.05) is 50.3 Å². The van der Waals surface area contributed by atoms with Crippen molar-refractivity contribution in [2.24, 2.45) is 12.0 Å². The van der Waals surface area contributed by atoms with Crippen LogP contribution in [0.2, 0.25) is 0 Å². The topological polar surface area (TPSA) is 66.7 Å². The molecule has 0 amide bonds. The van der Waals surface area contributed by atoms with Crippen molar-refractivity contribution in [3.63, 3.8) is 0 Å². The van der Waals surface area contributed by atoms with Crippen molar-refractivity contribution >= 4 is 41.3 Å². The lowest BCUT2D eigenvalue weighted by Gasteiger charge is -2.34. The summed E-state index contributed by atoms with van der Waals surface area (Å²) < 4.78 is 7.50. The molecular formula is C21H35IN6OS. The number of nitrogens with one attached hydrogen (secondary N) is 2. The van der Waals surface area contributed by atoms with E-state index >= 15 is 0 Å². The Morgan fingerprint density at radius 2 is 2.07 bits per heavy atom. The first-order valence-electron chi connectivity index (χ1n) is 10.3. The average Bonchev–Trinajstić information content (AvgIpc) is 3.33. The van der Waals surface area contributed by atoms with Crippen molar-refractivity contribution in [3.8, 4) is 0 Å². The number of aromatic nitrogens is 2. The summed E-state index contributed by atoms with van der Waals surface area (Å²) in [4.78, 5) is 8.33. The maximum Gasteiger partial charge on any atom is 0.191 e. The number of nitrogens with zero attached hydrogens (tertiary/aromatic N) is 4. The van der Waals surface area contributed by atoms with Gasteiger partial charge in [-0.25, -0.2) is 0 Å². The third kappa shape index (κ3) is 6.41. The molecule has 9 heteroatoms. The third-order valence-corrected chi connectivity index (χ3v) is 6.57. The van der Waals surface area contributed by atoms with Gasteiger partial charge in [0.1, 0.15) is 0 Å². The van der Waals surface area contributed by atoms with E-state index in [0.717, 1.165) is 50.9 Å². The minimum atomic E-state index is 0. The molecule has 2 unspecified atom stereocenters. The Kier molecular flexibility index (Phi) is 10.1. The van der Waals surface area contributed by atoms with Crippen molar-refractivity contribution in [1.29, 1.82) is 0 Å². The highest BCUT2D eigenvalue weighted by atomic mass is 127. The second-order valence-corrected chi connectivity index (χ2v) is 8.63. The molecule has 0 aromatic carbocycles. The van der Waals surface area contributed by atoms with Gasteiger partial charge in [0.25, 0.3) is 0 Å². The van der Waals surface area contributed by atoms with Crippen LogP contribution in [-0.2, 0) is 18.2 Å². The van der Waals surface area contributed by atoms with Crippen LogP contribution in [0.3, 0.4) is 0 Å². The molecule has 3 rings (SSSR count). The SMILES string of the molecule is CN=C(NCC(c1cccs1)N1CCOCC1)NC(C)Cc1c(C)nn(C)c1C.I. The molecule has 1 aliphatic rings. The number of guanidine groups is 1. The largest absolute Gasteiger partial charge is 0.379 e. The van der Waals surface area contributed by atoms with Gasteiger partial charge in [-0.15, -0.1) is 35.3 Å². The van der Waals surface area contributed by atoms with E-state index in [9.17, 15) is 0 Å². The van der Waals surface area contributed by atoms with Crippen molar-refractivity contribution in [3.05, 3.63) is 39.3 Å². The van der Waals surface area contributed by atoms with Crippen LogP contribution in [0.25, 0.3) is 0 Å². The van der Waals surface area contributed by atoms with Gasteiger partial charge in [-0.2, -0.15) is 5.10 Å². The predicted molar refractivity (Wildman–Crippen MR) is 135 cm³/mol. The number of ether oxygens (including phenoxy) is 1. The maximum atomic E-state index is 5.54. The number of rotatable bonds is 7. The fraction of sp³-hybridized carbons (Fsp3) is 0.619. The fourth-order valence-corrected chi connectivity index (χ4v) is 4.73. The second kappa shape index (κ2) is 12.0. The second-order valence-electron chi connectivity index (χ2n) is 7.66. The van der Waals surface area contributed by atoms with Gasteiger partial charge in [-0.1, -0.05) is 6.07 Å². The molecule has 0 radical (unpaired) electrons. The quantitative estimate of drug-likeness (QED) is 0.318. The molecule has 2 aromatic rings. The average molecular weight is 547 g/mol. The first-order chi connectivity index (χ1) is 14.0. The summed E-state index contributed by atoms with van der Waals surface area (Å²) in [7, 11) is 3.83. The molecule has 1 fully saturated rings. The van der Waals surface area contributed by atoms with Gasteiger partial charge in [0.05, 0.1) is 24.9 Å². The van der Waals surface area contributed by atoms with Gasteiger partial charge in [0.15, 0.2) is 5.96 Å². The molecule has 2 atom stereocenters. The normalized spacial score (nSPS) is 17.3. The van der Waals surface area contributed by atoms with E-state index in [0.29, 0.717) is 6.04 Å². The summed E-state index contributed by atoms with van der Waals surface area (Å²) in [5.74, 6) is 0.839. The van der Waals surface area contributed by atoms with Crippen LogP contribution in [-0.4, -0.2) is 66.6 Å². The maximum absolute atomic E-state index is 5.54. The monoisotopic (exact) mass is 546 g/mol. The zero-order chi connectivity index (χ0) is 20.8. The summed E-state index contributed by atoms with van der Waals surface area (Å²) in [5.41, 5.74) is 3.64. The third-order valence-electron chi connectivity index (χ3n) is 5.60. The lowest BCUT2D eigenvalue weighted by Crippen LogP contribution is -2.48. The van der Waals surface area contributed by atoms with Crippen LogP contribution >= 0.6 is 35.3 Å². The number of halogens is 1. The van der Waals surface area contributed by atoms with Crippen LogP contribution in [0, 0.1) is 13.8 Å². The highest BCUT2D eigenvalue weighted by Crippen LogP contribution is 2.25. The van der Waals surface area contributed by atoms with E-state index in [1.54, 1.807) is 0 Å². The zero-order valence-corrected chi connectivity index (χ0v) is 21.8. The first-order valence-corrected chi connectivity index (χ1v) is 11.2. The Morgan fingerprint density at radius 1 is 1.33 bits per heavy atom. The van der Waals surface area contributed by atoms with E-state index < -0.39 is 0 Å². The minimum Gasteiger partial charge on any atom is -0.379 e. The van der Waals surface area contributed by atoms with Crippen LogP contribution in [0.1, 0.15) is 34.8 Å². The first kappa shape index (κ1) is 25.1. The molecule has 1 saturated heterocycles. The summed E-state index contributed by atoms with van der Waals surface area (Å²) >= 11 is 1.81. The van der Waals surface area contributed by atoms with Gasteiger partial charge in [0.2, 0.25) is 0 Å². The number of thiophene rings is 1. The van der Waals surface area contributed by atoms with E-state index in [1.807, 2.05) is 30.1 Å². The van der Waals surface area contributed by atoms with Crippen LogP contribution in [0.5, 0.6) is 0 Å². The van der Waals surface area contributed by atoms with Crippen molar-refractivity contribution < 1.29 is 4.74 Å². The Bertz CT molecular complexity index is 801. The molecule has 3 heterocycles. The summed E-state index contributed by atoms with van der Waals surface area (Å²) in [6, 6.07) is 4.93. The van der Waals surface area contributed by atoms with Crippen LogP contribution in [0.15, 0.2) is 22.5 Å². The molecule has 0 aliphatic carbocycles. The minimum absolute atomic E-state index is 0. The molecule has 7 nitrogen and oxygen atoms in total. The number of morpholine rings is 1. The predicted octanol–water partition coefficient (Wildman–Crippen LogP) is 2.89. The van der Waals surface area contributed by atoms with Gasteiger partial charge in [-0.3, -0.25) is 14.6 Å². The van der Waals surface area contributed by atoms with Crippen molar-refractivity contribution in [2.75, 3.05) is 39.9 Å². The standard InChI is InChI=1S/C21H34N6OS.HI/c1-15(13-18-16(2)25-26(5)17(18)3)24-21(22-4)23-14-19(20-7-6-12-29-20)27-8-10-28-11-9-27;/h6-7,12,15,19H,8-11,13-14H2,1-5H3,(H2,22,23,24);1H. The highest BCUT2D eigenvalue weighted by Gasteiger charge is 2.24. The lowest BCUT2D eigenvalue weighted by atomic mass is 10.1. The van der Waals surface area contributed by atoms with E-state index in [2.05, 4.69) is 63.9 Å². The van der Waals surface area contributed by atoms with E-state index in [1.165, 1.54) is 16.1 Å². The molecular weight excluding hydrogens is 511 g/mol. The van der Waals surface area contributed by atoms with Gasteiger partial charge in [-0.05, 0) is 44.2 Å². The molecule has 0 spiro atoms. The molecule has 0 bridgehead atoms. The summed E-state index contributed by atoms with van der Waals surface area (Å²) in [5, 5.41) is 13.8. The van der Waals surface area contributed by atoms with E-state index in [4.69, 9.17) is 4.74 Å². The molecule has 2 N–H and O–H groups in total. The molecule has 2 aromatic heterocycles. The molecule has 168 valence electrons. The van der Waals surface area contributed by atoms with Crippen molar-refractivity contribution in [1.82, 2.24) is 25.3 Å². The lowest BCUT2D eigenvalue weighted by molar-refractivity contribution is 0.0177. The fourth-order valence-electron chi connectivity index (χ4n) is 3.87. The number of hydrogen-bond donors (Lipinski definition) is 2. The Balaban J connectivity index is 0.00000320. The zero-order valence-electron chi connectivity index (χ0n) is 18.6. The smallest absolute Gasteiger partial charge is 0.191 e. The summed E-state index contributed by atoms with van der Waals surface area (Å²) in [6.07, 6.45) is 0.921. The van der Waals surface area contributed by atoms with E-state index in [-0.39, 0.29) is 30.0 Å². The van der Waals surface area contributed by atoms with Gasteiger partial charge < -0.3 is 15.4 Å². The Morgan fingerprint density at radius 3 is 2.63 bits per heavy atom.